The van der Waals surface area contributed by atoms with Crippen LogP contribution in [0.4, 0.5) is 11.4 Å². The highest BCUT2D eigenvalue weighted by Crippen LogP contribution is 2.23. The van der Waals surface area contributed by atoms with Crippen molar-refractivity contribution in [2.75, 3.05) is 5.32 Å². The van der Waals surface area contributed by atoms with Gasteiger partial charge in [-0.1, -0.05) is 24.3 Å². The number of nitrogens with one attached hydrogen (secondary N) is 1. The van der Waals surface area contributed by atoms with Crippen molar-refractivity contribution in [3.8, 4) is 0 Å². The maximum absolute atomic E-state index is 12.0. The number of benzene rings is 1. The summed E-state index contributed by atoms with van der Waals surface area (Å²) in [5.74, 6) is -0.291. The highest BCUT2D eigenvalue weighted by molar-refractivity contribution is 7.07. The van der Waals surface area contributed by atoms with Crippen LogP contribution in [0.15, 0.2) is 28.4 Å². The summed E-state index contributed by atoms with van der Waals surface area (Å²) in [6.07, 6.45) is 0.672. The van der Waals surface area contributed by atoms with Gasteiger partial charge in [0.25, 0.3) is 5.69 Å². The Morgan fingerprint density at radius 3 is 2.74 bits per heavy atom. The zero-order chi connectivity index (χ0) is 17.0. The standard InChI is InChI=1S/C15H17N3O4S/c1-3-11-4-5-12(8-13(11)18(21)22)16-14(19)6-7-17-10(2)9-23-15(17)20/h4-5,8-9H,3,6-7H2,1-2H3,(H,16,19). The van der Waals surface area contributed by atoms with Crippen molar-refractivity contribution in [2.45, 2.75) is 33.2 Å². The molecule has 0 aliphatic heterocycles. The van der Waals surface area contributed by atoms with E-state index in [-0.39, 0.29) is 29.4 Å². The predicted molar refractivity (Wildman–Crippen MR) is 89.0 cm³/mol. The van der Waals surface area contributed by atoms with Gasteiger partial charge in [-0.15, -0.1) is 0 Å². The Balaban J connectivity index is 2.04. The number of thiazole rings is 1. The molecule has 8 heteroatoms. The molecule has 1 N–H and O–H groups in total. The van der Waals surface area contributed by atoms with Crippen LogP contribution in [0, 0.1) is 17.0 Å². The minimum atomic E-state index is -0.456. The number of carbonyl (C=O) groups is 1. The van der Waals surface area contributed by atoms with Crippen molar-refractivity contribution in [2.24, 2.45) is 0 Å². The molecule has 0 bridgehead atoms. The number of rotatable bonds is 6. The summed E-state index contributed by atoms with van der Waals surface area (Å²) in [6.45, 7) is 3.93. The first kappa shape index (κ1) is 16.9. The van der Waals surface area contributed by atoms with Crippen LogP contribution < -0.4 is 10.2 Å². The van der Waals surface area contributed by atoms with Gasteiger partial charge in [-0.25, -0.2) is 0 Å². The highest BCUT2D eigenvalue weighted by Gasteiger charge is 2.14. The molecule has 0 fully saturated rings. The average Bonchev–Trinajstić information content (AvgIpc) is 2.83. The summed E-state index contributed by atoms with van der Waals surface area (Å²) in [7, 11) is 0. The van der Waals surface area contributed by atoms with Gasteiger partial charge < -0.3 is 9.88 Å². The molecule has 0 saturated carbocycles. The van der Waals surface area contributed by atoms with Crippen molar-refractivity contribution in [3.05, 3.63) is 54.6 Å². The summed E-state index contributed by atoms with van der Waals surface area (Å²) in [4.78, 5) is 34.0. The van der Waals surface area contributed by atoms with Gasteiger partial charge in [0, 0.05) is 41.4 Å². The van der Waals surface area contributed by atoms with Gasteiger partial charge in [0.05, 0.1) is 4.92 Å². The lowest BCUT2D eigenvalue weighted by atomic mass is 10.1. The van der Waals surface area contributed by atoms with Crippen LogP contribution in [-0.2, 0) is 17.8 Å². The summed E-state index contributed by atoms with van der Waals surface area (Å²) < 4.78 is 1.53. The fourth-order valence-electron chi connectivity index (χ4n) is 2.22. The van der Waals surface area contributed by atoms with Gasteiger partial charge in [-0.3, -0.25) is 19.7 Å². The van der Waals surface area contributed by atoms with E-state index in [1.54, 1.807) is 17.5 Å². The molecule has 1 aromatic heterocycles. The van der Waals surface area contributed by atoms with E-state index in [4.69, 9.17) is 0 Å². The zero-order valence-corrected chi connectivity index (χ0v) is 13.7. The molecule has 2 aromatic rings. The fourth-order valence-corrected chi connectivity index (χ4v) is 2.98. The van der Waals surface area contributed by atoms with Gasteiger partial charge in [0.1, 0.15) is 0 Å². The van der Waals surface area contributed by atoms with Gasteiger partial charge >= 0.3 is 4.87 Å². The molecule has 23 heavy (non-hydrogen) atoms. The molecule has 0 aliphatic carbocycles. The first-order valence-electron chi connectivity index (χ1n) is 7.14. The summed E-state index contributed by atoms with van der Waals surface area (Å²) in [5, 5.41) is 15.4. The quantitative estimate of drug-likeness (QED) is 0.648. The zero-order valence-electron chi connectivity index (χ0n) is 12.9. The molecular weight excluding hydrogens is 318 g/mol. The van der Waals surface area contributed by atoms with E-state index in [1.165, 1.54) is 10.6 Å². The number of nitro benzene ring substituents is 1. The molecule has 0 aliphatic rings. The Morgan fingerprint density at radius 2 is 2.17 bits per heavy atom. The third kappa shape index (κ3) is 4.04. The fraction of sp³-hybridized carbons (Fsp3) is 0.333. The topological polar surface area (TPSA) is 94.2 Å². The van der Waals surface area contributed by atoms with Crippen LogP contribution in [0.5, 0.6) is 0 Å². The molecule has 0 saturated heterocycles. The van der Waals surface area contributed by atoms with Crippen molar-refractivity contribution in [3.63, 3.8) is 0 Å². The maximum Gasteiger partial charge on any atom is 0.307 e. The molecule has 1 aromatic carbocycles. The second-order valence-corrected chi connectivity index (χ2v) is 5.87. The number of aryl methyl sites for hydroxylation is 2. The number of nitrogens with zero attached hydrogens (tertiary/aromatic N) is 2. The van der Waals surface area contributed by atoms with Crippen molar-refractivity contribution in [1.82, 2.24) is 4.57 Å². The Bertz CT molecular complexity index is 794. The molecule has 0 radical (unpaired) electrons. The minimum absolute atomic E-state index is 0.00445. The van der Waals surface area contributed by atoms with Gasteiger partial charge in [-0.05, 0) is 19.4 Å². The van der Waals surface area contributed by atoms with Crippen LogP contribution in [0.2, 0.25) is 0 Å². The number of nitro groups is 1. The van der Waals surface area contributed by atoms with E-state index >= 15 is 0 Å². The second-order valence-electron chi connectivity index (χ2n) is 5.05. The molecule has 0 unspecified atom stereocenters. The lowest BCUT2D eigenvalue weighted by molar-refractivity contribution is -0.385. The lowest BCUT2D eigenvalue weighted by Gasteiger charge is -2.08. The van der Waals surface area contributed by atoms with Crippen LogP contribution in [0.25, 0.3) is 0 Å². The van der Waals surface area contributed by atoms with Crippen LogP contribution in [0.3, 0.4) is 0 Å². The van der Waals surface area contributed by atoms with E-state index < -0.39 is 4.92 Å². The number of anilines is 1. The normalized spacial score (nSPS) is 10.5. The van der Waals surface area contributed by atoms with E-state index in [0.29, 0.717) is 17.7 Å². The Morgan fingerprint density at radius 1 is 1.43 bits per heavy atom. The lowest BCUT2D eigenvalue weighted by Crippen LogP contribution is -2.20. The Labute approximate surface area is 136 Å². The molecule has 0 spiro atoms. The van der Waals surface area contributed by atoms with Crippen LogP contribution >= 0.6 is 11.3 Å². The number of carbonyl (C=O) groups excluding carboxylic acids is 1. The number of amides is 1. The van der Waals surface area contributed by atoms with Crippen molar-refractivity contribution in [1.29, 1.82) is 0 Å². The molecule has 1 amide bonds. The molecule has 0 atom stereocenters. The first-order chi connectivity index (χ1) is 10.9. The third-order valence-electron chi connectivity index (χ3n) is 3.49. The molecule has 1 heterocycles. The predicted octanol–water partition coefficient (Wildman–Crippen LogP) is 2.72. The average molecular weight is 335 g/mol. The molecular formula is C15H17N3O4S. The number of hydrogen-bond donors (Lipinski definition) is 1. The van der Waals surface area contributed by atoms with E-state index in [9.17, 15) is 19.7 Å². The summed E-state index contributed by atoms with van der Waals surface area (Å²) in [6, 6.07) is 4.64. The molecule has 7 nitrogen and oxygen atoms in total. The van der Waals surface area contributed by atoms with Gasteiger partial charge in [0.2, 0.25) is 5.91 Å². The van der Waals surface area contributed by atoms with Crippen LogP contribution in [-0.4, -0.2) is 15.4 Å². The molecule has 122 valence electrons. The highest BCUT2D eigenvalue weighted by atomic mass is 32.1. The van der Waals surface area contributed by atoms with Crippen molar-refractivity contribution < 1.29 is 9.72 Å². The maximum atomic E-state index is 12.0. The summed E-state index contributed by atoms with van der Waals surface area (Å²) >= 11 is 1.10. The minimum Gasteiger partial charge on any atom is -0.326 e. The number of aromatic nitrogens is 1. The largest absolute Gasteiger partial charge is 0.326 e. The number of hydrogen-bond acceptors (Lipinski definition) is 5. The van der Waals surface area contributed by atoms with Crippen LogP contribution in [0.1, 0.15) is 24.6 Å². The SMILES string of the molecule is CCc1ccc(NC(=O)CCn2c(C)csc2=O)cc1[N+](=O)[O-]. The van der Waals surface area contributed by atoms with Gasteiger partial charge in [0.15, 0.2) is 0 Å². The first-order valence-corrected chi connectivity index (χ1v) is 8.02. The van der Waals surface area contributed by atoms with E-state index in [0.717, 1.165) is 17.0 Å². The Hall–Kier alpha value is -2.48. The third-order valence-corrected chi connectivity index (χ3v) is 4.37. The van der Waals surface area contributed by atoms with E-state index in [1.807, 2.05) is 13.8 Å². The Kier molecular flexibility index (Phi) is 5.28. The molecule has 2 rings (SSSR count). The summed E-state index contributed by atoms with van der Waals surface area (Å²) in [5.41, 5.74) is 1.81. The van der Waals surface area contributed by atoms with Gasteiger partial charge in [-0.2, -0.15) is 0 Å². The van der Waals surface area contributed by atoms with E-state index in [2.05, 4.69) is 5.32 Å². The second kappa shape index (κ2) is 7.19. The monoisotopic (exact) mass is 335 g/mol. The smallest absolute Gasteiger partial charge is 0.307 e. The van der Waals surface area contributed by atoms with Crippen molar-refractivity contribution >= 4 is 28.6 Å².